The van der Waals surface area contributed by atoms with Gasteiger partial charge in [-0.2, -0.15) is 0 Å². The molecule has 0 saturated carbocycles. The second-order valence-electron chi connectivity index (χ2n) is 5.14. The number of quaternary nitrogens is 2. The SMILES string of the molecule is COc1ccccc1[NH+]1CC[NH+](CCOCCO)CC1.[Cl-].[Cl-]. The van der Waals surface area contributed by atoms with Crippen LogP contribution in [0.4, 0.5) is 5.69 Å². The fourth-order valence-corrected chi connectivity index (χ4v) is 2.74. The second kappa shape index (κ2) is 11.9. The second-order valence-corrected chi connectivity index (χ2v) is 5.14. The van der Waals surface area contributed by atoms with Gasteiger partial charge in [0.1, 0.15) is 32.7 Å². The lowest BCUT2D eigenvalue weighted by Crippen LogP contribution is -3.26. The lowest BCUT2D eigenvalue weighted by Gasteiger charge is -2.29. The molecule has 0 spiro atoms. The number of aliphatic hydroxyl groups excluding tert-OH is 1. The average Bonchev–Trinajstić information content (AvgIpc) is 2.52. The van der Waals surface area contributed by atoms with Crippen molar-refractivity contribution in [3.8, 4) is 5.75 Å². The molecule has 1 aliphatic heterocycles. The van der Waals surface area contributed by atoms with Crippen molar-refractivity contribution in [1.82, 2.24) is 0 Å². The van der Waals surface area contributed by atoms with Crippen molar-refractivity contribution in [3.63, 3.8) is 0 Å². The number of hydrogen-bond acceptors (Lipinski definition) is 3. The van der Waals surface area contributed by atoms with Crippen LogP contribution >= 0.6 is 0 Å². The van der Waals surface area contributed by atoms with Gasteiger partial charge in [0.15, 0.2) is 11.4 Å². The minimum Gasteiger partial charge on any atom is -1.00 e. The summed E-state index contributed by atoms with van der Waals surface area (Å²) in [4.78, 5) is 3.09. The smallest absolute Gasteiger partial charge is 0.179 e. The van der Waals surface area contributed by atoms with Gasteiger partial charge in [0.25, 0.3) is 0 Å². The largest absolute Gasteiger partial charge is 1.00 e. The molecule has 1 saturated heterocycles. The molecule has 3 N–H and O–H groups in total. The maximum Gasteiger partial charge on any atom is 0.179 e. The van der Waals surface area contributed by atoms with Crippen LogP contribution in [0.15, 0.2) is 24.3 Å². The fourth-order valence-electron chi connectivity index (χ4n) is 2.74. The van der Waals surface area contributed by atoms with Gasteiger partial charge in [-0.25, -0.2) is 0 Å². The van der Waals surface area contributed by atoms with E-state index in [-0.39, 0.29) is 31.4 Å². The van der Waals surface area contributed by atoms with Gasteiger partial charge < -0.3 is 44.3 Å². The van der Waals surface area contributed by atoms with Crippen LogP contribution in [0, 0.1) is 0 Å². The number of hydrogen-bond donors (Lipinski definition) is 3. The molecule has 0 amide bonds. The maximum absolute atomic E-state index is 8.67. The van der Waals surface area contributed by atoms with Crippen molar-refractivity contribution < 1.29 is 49.2 Å². The first-order valence-electron chi connectivity index (χ1n) is 7.35. The molecular weight excluding hydrogens is 327 g/mol. The molecule has 1 aliphatic rings. The summed E-state index contributed by atoms with van der Waals surface area (Å²) in [7, 11) is 1.73. The molecule has 0 unspecified atom stereocenters. The van der Waals surface area contributed by atoms with Crippen molar-refractivity contribution in [1.29, 1.82) is 0 Å². The first-order valence-corrected chi connectivity index (χ1v) is 7.35. The van der Waals surface area contributed by atoms with Crippen molar-refractivity contribution in [2.75, 3.05) is 59.7 Å². The monoisotopic (exact) mass is 352 g/mol. The zero-order valence-corrected chi connectivity index (χ0v) is 14.5. The molecule has 1 aromatic carbocycles. The predicted molar refractivity (Wildman–Crippen MR) is 76.8 cm³/mol. The average molecular weight is 353 g/mol. The van der Waals surface area contributed by atoms with Gasteiger partial charge in [0.2, 0.25) is 0 Å². The molecule has 1 aromatic rings. The number of ether oxygens (including phenoxy) is 2. The summed E-state index contributed by atoms with van der Waals surface area (Å²) in [5.41, 5.74) is 1.27. The van der Waals surface area contributed by atoms with Crippen LogP contribution in [0.2, 0.25) is 0 Å². The van der Waals surface area contributed by atoms with Crippen molar-refractivity contribution in [3.05, 3.63) is 24.3 Å². The van der Waals surface area contributed by atoms with Crippen molar-refractivity contribution in [2.24, 2.45) is 0 Å². The molecule has 7 heteroatoms. The standard InChI is InChI=1S/C15H24N2O3.2ClH/c1-19-15-5-3-2-4-14(15)17-8-6-16(7-9-17)10-12-20-13-11-18;;/h2-5,18H,6-13H2,1H3;2*1H. The number of rotatable bonds is 7. The number of nitrogens with one attached hydrogen (secondary N) is 2. The third-order valence-corrected chi connectivity index (χ3v) is 3.88. The summed E-state index contributed by atoms with van der Waals surface area (Å²) in [5, 5.41) is 8.67. The highest BCUT2D eigenvalue weighted by molar-refractivity contribution is 5.45. The van der Waals surface area contributed by atoms with Crippen LogP contribution in [0.25, 0.3) is 0 Å². The van der Waals surface area contributed by atoms with Gasteiger partial charge >= 0.3 is 0 Å². The summed E-state index contributed by atoms with van der Waals surface area (Å²) in [6.45, 7) is 6.86. The minimum atomic E-state index is 0. The number of para-hydroxylation sites is 2. The molecule has 1 fully saturated rings. The number of aliphatic hydroxyl groups is 1. The topological polar surface area (TPSA) is 47.6 Å². The maximum atomic E-state index is 8.67. The van der Waals surface area contributed by atoms with Crippen LogP contribution < -0.4 is 39.4 Å². The summed E-state index contributed by atoms with van der Waals surface area (Å²) < 4.78 is 10.8. The molecule has 0 aliphatic carbocycles. The van der Waals surface area contributed by atoms with E-state index >= 15 is 0 Å². The van der Waals surface area contributed by atoms with Crippen LogP contribution in [0.5, 0.6) is 5.75 Å². The van der Waals surface area contributed by atoms with E-state index in [0.717, 1.165) is 45.1 Å². The molecule has 0 bridgehead atoms. The molecule has 0 aromatic heterocycles. The van der Waals surface area contributed by atoms with Gasteiger partial charge in [0.05, 0.1) is 26.9 Å². The number of methoxy groups -OCH3 is 1. The van der Waals surface area contributed by atoms with Crippen LogP contribution in [-0.2, 0) is 4.74 Å². The van der Waals surface area contributed by atoms with Gasteiger partial charge in [-0.05, 0) is 6.07 Å². The number of piperazine rings is 1. The predicted octanol–water partition coefficient (Wildman–Crippen LogP) is -7.87. The Kier molecular flexibility index (Phi) is 11.6. The zero-order chi connectivity index (χ0) is 14.2. The summed E-state index contributed by atoms with van der Waals surface area (Å²) in [6.07, 6.45) is 0. The Morgan fingerprint density at radius 2 is 1.73 bits per heavy atom. The number of benzene rings is 1. The van der Waals surface area contributed by atoms with E-state index in [1.807, 2.05) is 12.1 Å². The van der Waals surface area contributed by atoms with Gasteiger partial charge in [0, 0.05) is 6.07 Å². The Morgan fingerprint density at radius 3 is 2.36 bits per heavy atom. The van der Waals surface area contributed by atoms with E-state index in [0.29, 0.717) is 6.61 Å². The van der Waals surface area contributed by atoms with E-state index in [2.05, 4.69) is 12.1 Å². The Bertz CT molecular complexity index is 402. The molecule has 128 valence electrons. The highest BCUT2D eigenvalue weighted by Crippen LogP contribution is 2.18. The Hall–Kier alpha value is -0.560. The van der Waals surface area contributed by atoms with Gasteiger partial charge in [-0.1, -0.05) is 12.1 Å². The third kappa shape index (κ3) is 6.28. The third-order valence-electron chi connectivity index (χ3n) is 3.88. The van der Waals surface area contributed by atoms with E-state index in [4.69, 9.17) is 14.6 Å². The van der Waals surface area contributed by atoms with Gasteiger partial charge in [-0.15, -0.1) is 0 Å². The van der Waals surface area contributed by atoms with E-state index < -0.39 is 0 Å². The van der Waals surface area contributed by atoms with Crippen molar-refractivity contribution >= 4 is 5.69 Å². The normalized spacial score (nSPS) is 20.6. The molecule has 5 nitrogen and oxygen atoms in total. The Labute approximate surface area is 145 Å². The molecule has 1 heterocycles. The molecule has 0 atom stereocenters. The van der Waals surface area contributed by atoms with E-state index in [1.54, 1.807) is 12.0 Å². The highest BCUT2D eigenvalue weighted by Gasteiger charge is 2.26. The van der Waals surface area contributed by atoms with Crippen LogP contribution in [0.3, 0.4) is 0 Å². The summed E-state index contributed by atoms with van der Waals surface area (Å²) in [6, 6.07) is 8.28. The lowest BCUT2D eigenvalue weighted by atomic mass is 10.2. The van der Waals surface area contributed by atoms with Crippen LogP contribution in [0.1, 0.15) is 0 Å². The zero-order valence-electron chi connectivity index (χ0n) is 13.0. The quantitative estimate of drug-likeness (QED) is 0.427. The lowest BCUT2D eigenvalue weighted by molar-refractivity contribution is -0.986. The summed E-state index contributed by atoms with van der Waals surface area (Å²) in [5.74, 6) is 0.984. The Balaban J connectivity index is 0.00000220. The molecular formula is C15H26Cl2N2O3. The van der Waals surface area contributed by atoms with Crippen LogP contribution in [-0.4, -0.2) is 64.8 Å². The molecule has 0 radical (unpaired) electrons. The molecule has 22 heavy (non-hydrogen) atoms. The highest BCUT2D eigenvalue weighted by atomic mass is 35.5. The Morgan fingerprint density at radius 1 is 1.05 bits per heavy atom. The van der Waals surface area contributed by atoms with E-state index in [9.17, 15) is 0 Å². The van der Waals surface area contributed by atoms with Gasteiger partial charge in [-0.3, -0.25) is 4.90 Å². The summed E-state index contributed by atoms with van der Waals surface area (Å²) >= 11 is 0. The fraction of sp³-hybridized carbons (Fsp3) is 0.600. The minimum absolute atomic E-state index is 0. The van der Waals surface area contributed by atoms with E-state index in [1.165, 1.54) is 10.6 Å². The molecule has 2 rings (SSSR count). The first kappa shape index (κ1) is 21.4. The number of halogens is 2. The van der Waals surface area contributed by atoms with Crippen molar-refractivity contribution in [2.45, 2.75) is 0 Å². The first-order chi connectivity index (χ1) is 9.85.